The molecular weight excluding hydrogens is 374 g/mol. The first-order valence-corrected chi connectivity index (χ1v) is 11.0. The van der Waals surface area contributed by atoms with Crippen LogP contribution in [0.2, 0.25) is 0 Å². The van der Waals surface area contributed by atoms with E-state index >= 15 is 0 Å². The number of anilines is 2. The van der Waals surface area contributed by atoms with Crippen molar-refractivity contribution in [3.63, 3.8) is 0 Å². The second-order valence-electron chi connectivity index (χ2n) is 8.53. The van der Waals surface area contributed by atoms with E-state index in [1.54, 1.807) is 0 Å². The highest BCUT2D eigenvalue weighted by Crippen LogP contribution is 2.23. The highest BCUT2D eigenvalue weighted by atomic mass is 16.2. The van der Waals surface area contributed by atoms with Crippen LogP contribution >= 0.6 is 0 Å². The number of rotatable bonds is 3. The third-order valence-corrected chi connectivity index (χ3v) is 6.14. The van der Waals surface area contributed by atoms with E-state index < -0.39 is 0 Å². The van der Waals surface area contributed by atoms with Crippen LogP contribution in [0.4, 0.5) is 11.4 Å². The summed E-state index contributed by atoms with van der Waals surface area (Å²) in [5.41, 5.74) is 5.38. The van der Waals surface area contributed by atoms with E-state index in [2.05, 4.69) is 36.9 Å². The highest BCUT2D eigenvalue weighted by molar-refractivity contribution is 5.97. The minimum atomic E-state index is 0.0730. The van der Waals surface area contributed by atoms with Crippen LogP contribution in [-0.4, -0.2) is 49.4 Å². The molecule has 0 N–H and O–H groups in total. The fourth-order valence-corrected chi connectivity index (χ4v) is 4.52. The number of benzene rings is 2. The molecular formula is C25H31N3O2. The van der Waals surface area contributed by atoms with Gasteiger partial charge in [0.1, 0.15) is 0 Å². The van der Waals surface area contributed by atoms with Crippen LogP contribution in [0.25, 0.3) is 0 Å². The van der Waals surface area contributed by atoms with Gasteiger partial charge in [-0.1, -0.05) is 12.5 Å². The van der Waals surface area contributed by atoms with Crippen LogP contribution in [-0.2, 0) is 4.79 Å². The summed E-state index contributed by atoms with van der Waals surface area (Å²) in [5, 5.41) is 0. The van der Waals surface area contributed by atoms with Gasteiger partial charge in [-0.05, 0) is 74.2 Å². The zero-order valence-electron chi connectivity index (χ0n) is 18.1. The average Bonchev–Trinajstić information content (AvgIpc) is 2.97. The molecule has 0 unspecified atom stereocenters. The summed E-state index contributed by atoms with van der Waals surface area (Å²) < 4.78 is 0. The molecule has 2 aromatic rings. The Hall–Kier alpha value is -2.82. The maximum absolute atomic E-state index is 13.0. The van der Waals surface area contributed by atoms with Gasteiger partial charge in [-0.2, -0.15) is 0 Å². The lowest BCUT2D eigenvalue weighted by molar-refractivity contribution is -0.118. The predicted molar refractivity (Wildman–Crippen MR) is 121 cm³/mol. The van der Waals surface area contributed by atoms with Gasteiger partial charge < -0.3 is 14.7 Å². The molecule has 5 heteroatoms. The molecule has 2 aliphatic heterocycles. The number of carbonyl (C=O) groups excluding carboxylic acids is 2. The third-order valence-electron chi connectivity index (χ3n) is 6.14. The number of aryl methyl sites for hydroxylation is 2. The van der Waals surface area contributed by atoms with Crippen LogP contribution in [0.5, 0.6) is 0 Å². The second-order valence-corrected chi connectivity index (χ2v) is 8.53. The standard InChI is InChI=1S/C25H31N3O2/c1-19-16-20(2)18-23(17-19)26-12-14-27(15-13-26)25(30)21-7-9-22(10-8-21)28-11-5-3-4-6-24(28)29/h7-10,16-18H,3-6,11-15H2,1-2H3. The summed E-state index contributed by atoms with van der Waals surface area (Å²) in [6, 6.07) is 14.2. The Bertz CT molecular complexity index is 894. The van der Waals surface area contributed by atoms with Crippen molar-refractivity contribution in [3.05, 3.63) is 59.2 Å². The summed E-state index contributed by atoms with van der Waals surface area (Å²) in [6.07, 6.45) is 3.73. The molecule has 30 heavy (non-hydrogen) atoms. The fourth-order valence-electron chi connectivity index (χ4n) is 4.52. The molecule has 2 saturated heterocycles. The maximum Gasteiger partial charge on any atom is 0.253 e. The summed E-state index contributed by atoms with van der Waals surface area (Å²) >= 11 is 0. The van der Waals surface area contributed by atoms with Gasteiger partial charge in [-0.25, -0.2) is 0 Å². The normalized spacial score (nSPS) is 17.8. The number of carbonyl (C=O) groups is 2. The van der Waals surface area contributed by atoms with Crippen LogP contribution in [0.15, 0.2) is 42.5 Å². The molecule has 5 nitrogen and oxygen atoms in total. The Morgan fingerprint density at radius 1 is 0.767 bits per heavy atom. The molecule has 2 aliphatic rings. The first-order chi connectivity index (χ1) is 14.5. The molecule has 0 spiro atoms. The monoisotopic (exact) mass is 405 g/mol. The third kappa shape index (κ3) is 4.50. The average molecular weight is 406 g/mol. The van der Waals surface area contributed by atoms with Gasteiger partial charge in [0.2, 0.25) is 5.91 Å². The summed E-state index contributed by atoms with van der Waals surface area (Å²) in [4.78, 5) is 31.5. The van der Waals surface area contributed by atoms with Crippen molar-refractivity contribution in [2.75, 3.05) is 42.5 Å². The van der Waals surface area contributed by atoms with Crippen LogP contribution < -0.4 is 9.80 Å². The minimum absolute atomic E-state index is 0.0730. The van der Waals surface area contributed by atoms with Gasteiger partial charge >= 0.3 is 0 Å². The van der Waals surface area contributed by atoms with Crippen LogP contribution in [0, 0.1) is 13.8 Å². The van der Waals surface area contributed by atoms with Crippen molar-refractivity contribution in [1.82, 2.24) is 4.90 Å². The number of hydrogen-bond acceptors (Lipinski definition) is 3. The molecule has 0 radical (unpaired) electrons. The Balaban J connectivity index is 1.38. The fraction of sp³-hybridized carbons (Fsp3) is 0.440. The quantitative estimate of drug-likeness (QED) is 0.770. The molecule has 2 fully saturated rings. The van der Waals surface area contributed by atoms with Gasteiger partial charge in [0.25, 0.3) is 5.91 Å². The zero-order chi connectivity index (χ0) is 21.1. The molecule has 2 amide bonds. The topological polar surface area (TPSA) is 43.9 Å². The summed E-state index contributed by atoms with van der Waals surface area (Å²) in [5.74, 6) is 0.262. The number of hydrogen-bond donors (Lipinski definition) is 0. The van der Waals surface area contributed by atoms with Crippen LogP contribution in [0.3, 0.4) is 0 Å². The van der Waals surface area contributed by atoms with E-state index in [0.29, 0.717) is 12.0 Å². The summed E-state index contributed by atoms with van der Waals surface area (Å²) in [6.45, 7) is 8.14. The molecule has 0 aliphatic carbocycles. The minimum Gasteiger partial charge on any atom is -0.368 e. The zero-order valence-corrected chi connectivity index (χ0v) is 18.1. The Labute approximate surface area is 179 Å². The smallest absolute Gasteiger partial charge is 0.253 e. The van der Waals surface area contributed by atoms with E-state index in [-0.39, 0.29) is 11.8 Å². The van der Waals surface area contributed by atoms with E-state index in [9.17, 15) is 9.59 Å². The number of amides is 2. The predicted octanol–water partition coefficient (Wildman–Crippen LogP) is 4.17. The van der Waals surface area contributed by atoms with Gasteiger partial charge in [0, 0.05) is 56.1 Å². The molecule has 2 heterocycles. The first kappa shape index (κ1) is 20.5. The SMILES string of the molecule is Cc1cc(C)cc(N2CCN(C(=O)c3ccc(N4CCCCCC4=O)cc3)CC2)c1. The molecule has 0 saturated carbocycles. The first-order valence-electron chi connectivity index (χ1n) is 11.0. The van der Waals surface area contributed by atoms with Crippen molar-refractivity contribution >= 4 is 23.2 Å². The van der Waals surface area contributed by atoms with Crippen molar-refractivity contribution in [3.8, 4) is 0 Å². The lowest BCUT2D eigenvalue weighted by Gasteiger charge is -2.36. The van der Waals surface area contributed by atoms with Crippen molar-refractivity contribution in [1.29, 1.82) is 0 Å². The molecule has 0 bridgehead atoms. The largest absolute Gasteiger partial charge is 0.368 e. The number of piperazine rings is 1. The van der Waals surface area contributed by atoms with Gasteiger partial charge in [-0.3, -0.25) is 9.59 Å². The Morgan fingerprint density at radius 3 is 2.10 bits per heavy atom. The van der Waals surface area contributed by atoms with Crippen molar-refractivity contribution in [2.24, 2.45) is 0 Å². The van der Waals surface area contributed by atoms with Gasteiger partial charge in [0.15, 0.2) is 0 Å². The van der Waals surface area contributed by atoms with E-state index in [0.717, 1.165) is 57.7 Å². The van der Waals surface area contributed by atoms with Crippen molar-refractivity contribution in [2.45, 2.75) is 39.5 Å². The lowest BCUT2D eigenvalue weighted by atomic mass is 10.1. The van der Waals surface area contributed by atoms with Crippen LogP contribution in [0.1, 0.15) is 47.2 Å². The van der Waals surface area contributed by atoms with Crippen molar-refractivity contribution < 1.29 is 9.59 Å². The second kappa shape index (κ2) is 8.90. The maximum atomic E-state index is 13.0. The van der Waals surface area contributed by atoms with Gasteiger partial charge in [-0.15, -0.1) is 0 Å². The summed E-state index contributed by atoms with van der Waals surface area (Å²) in [7, 11) is 0. The molecule has 158 valence electrons. The van der Waals surface area contributed by atoms with E-state index in [4.69, 9.17) is 0 Å². The highest BCUT2D eigenvalue weighted by Gasteiger charge is 2.23. The Kier molecular flexibility index (Phi) is 6.07. The van der Waals surface area contributed by atoms with Gasteiger partial charge in [0.05, 0.1) is 0 Å². The molecule has 2 aromatic carbocycles. The molecule has 0 atom stereocenters. The van der Waals surface area contributed by atoms with E-state index in [1.807, 2.05) is 34.1 Å². The lowest BCUT2D eigenvalue weighted by Crippen LogP contribution is -2.48. The molecule has 4 rings (SSSR count). The Morgan fingerprint density at radius 2 is 1.43 bits per heavy atom. The van der Waals surface area contributed by atoms with E-state index in [1.165, 1.54) is 16.8 Å². The number of nitrogens with zero attached hydrogens (tertiary/aromatic N) is 3. The molecule has 0 aromatic heterocycles.